The molecule has 2 heterocycles. The quantitative estimate of drug-likeness (QED) is 0.926. The van der Waals surface area contributed by atoms with Crippen LogP contribution in [-0.2, 0) is 11.3 Å². The van der Waals surface area contributed by atoms with E-state index in [4.69, 9.17) is 11.6 Å². The molecule has 0 saturated carbocycles. The fourth-order valence-corrected chi connectivity index (χ4v) is 3.11. The van der Waals surface area contributed by atoms with Crippen LogP contribution in [0.5, 0.6) is 0 Å². The first kappa shape index (κ1) is 16.7. The fourth-order valence-electron chi connectivity index (χ4n) is 3.01. The van der Waals surface area contributed by atoms with Gasteiger partial charge in [-0.25, -0.2) is 0 Å². The Bertz CT molecular complexity index is 704. The molecule has 0 aliphatic carbocycles. The maximum Gasteiger partial charge on any atom is 0.225 e. The van der Waals surface area contributed by atoms with Gasteiger partial charge in [0.1, 0.15) is 0 Å². The molecule has 24 heavy (non-hydrogen) atoms. The summed E-state index contributed by atoms with van der Waals surface area (Å²) in [6, 6.07) is 11.7. The number of halogens is 1. The van der Waals surface area contributed by atoms with E-state index in [0.717, 1.165) is 30.8 Å². The number of carbonyl (C=O) groups is 1. The Kier molecular flexibility index (Phi) is 5.30. The lowest BCUT2D eigenvalue weighted by Gasteiger charge is -2.32. The third kappa shape index (κ3) is 4.03. The summed E-state index contributed by atoms with van der Waals surface area (Å²) in [4.78, 5) is 14.6. The molecule has 0 spiro atoms. The minimum absolute atomic E-state index is 0.0275. The molecule has 1 fully saturated rings. The molecule has 1 N–H and O–H groups in total. The van der Waals surface area contributed by atoms with Gasteiger partial charge >= 0.3 is 0 Å². The van der Waals surface area contributed by atoms with Crippen molar-refractivity contribution < 1.29 is 4.79 Å². The molecule has 5 nitrogen and oxygen atoms in total. The molecule has 1 aromatic heterocycles. The van der Waals surface area contributed by atoms with E-state index < -0.39 is 0 Å². The molecule has 1 amide bonds. The van der Waals surface area contributed by atoms with E-state index in [-0.39, 0.29) is 11.8 Å². The summed E-state index contributed by atoms with van der Waals surface area (Å²) in [6.07, 6.45) is 1.86. The van der Waals surface area contributed by atoms with Crippen LogP contribution in [0.4, 0.5) is 5.82 Å². The highest BCUT2D eigenvalue weighted by molar-refractivity contribution is 6.29. The maximum absolute atomic E-state index is 12.5. The van der Waals surface area contributed by atoms with E-state index in [9.17, 15) is 4.79 Å². The van der Waals surface area contributed by atoms with Crippen LogP contribution in [0.15, 0.2) is 36.4 Å². The largest absolute Gasteiger partial charge is 0.354 e. The number of benzene rings is 1. The third-order valence-corrected chi connectivity index (χ3v) is 4.65. The molecule has 126 valence electrons. The average molecular weight is 345 g/mol. The number of piperidine rings is 1. The Morgan fingerprint density at radius 1 is 1.29 bits per heavy atom. The molecule has 0 radical (unpaired) electrons. The van der Waals surface area contributed by atoms with Crippen molar-refractivity contribution in [1.82, 2.24) is 15.5 Å². The van der Waals surface area contributed by atoms with Crippen molar-refractivity contribution in [2.75, 3.05) is 18.0 Å². The zero-order valence-corrected chi connectivity index (χ0v) is 14.5. The molecule has 2 aromatic rings. The standard InChI is InChI=1S/C18H21ClN4O/c1-13-5-2-3-6-14(13)11-20-18(24)15-7-4-10-23(12-15)17-9-8-16(19)21-22-17/h2-3,5-6,8-9,15H,4,7,10-12H2,1H3,(H,20,24)/t15-/m1/s1. The van der Waals surface area contributed by atoms with Crippen molar-refractivity contribution in [3.8, 4) is 0 Å². The number of aryl methyl sites for hydroxylation is 1. The monoisotopic (exact) mass is 344 g/mol. The number of amides is 1. The van der Waals surface area contributed by atoms with Crippen molar-refractivity contribution in [3.63, 3.8) is 0 Å². The van der Waals surface area contributed by atoms with Crippen molar-refractivity contribution in [3.05, 3.63) is 52.7 Å². The lowest BCUT2D eigenvalue weighted by Crippen LogP contribution is -2.43. The van der Waals surface area contributed by atoms with Crippen LogP contribution in [0.25, 0.3) is 0 Å². The molecule has 1 aromatic carbocycles. The Morgan fingerprint density at radius 2 is 2.12 bits per heavy atom. The Labute approximate surface area is 147 Å². The zero-order valence-electron chi connectivity index (χ0n) is 13.7. The van der Waals surface area contributed by atoms with E-state index in [1.165, 1.54) is 5.56 Å². The van der Waals surface area contributed by atoms with Gasteiger partial charge in [0.25, 0.3) is 0 Å². The summed E-state index contributed by atoms with van der Waals surface area (Å²) < 4.78 is 0. The van der Waals surface area contributed by atoms with Crippen molar-refractivity contribution >= 4 is 23.3 Å². The number of rotatable bonds is 4. The predicted molar refractivity (Wildman–Crippen MR) is 95.0 cm³/mol. The first-order valence-electron chi connectivity index (χ1n) is 8.20. The Morgan fingerprint density at radius 3 is 2.88 bits per heavy atom. The molecule has 6 heteroatoms. The summed E-state index contributed by atoms with van der Waals surface area (Å²) in [7, 11) is 0. The molecule has 0 bridgehead atoms. The predicted octanol–water partition coefficient (Wildman–Crippen LogP) is 2.97. The molecule has 3 rings (SSSR count). The normalized spacial score (nSPS) is 17.6. The average Bonchev–Trinajstić information content (AvgIpc) is 2.61. The lowest BCUT2D eigenvalue weighted by atomic mass is 9.97. The van der Waals surface area contributed by atoms with Crippen molar-refractivity contribution in [2.45, 2.75) is 26.3 Å². The second-order valence-electron chi connectivity index (χ2n) is 6.14. The topological polar surface area (TPSA) is 58.1 Å². The van der Waals surface area contributed by atoms with E-state index in [1.807, 2.05) is 24.3 Å². The second-order valence-corrected chi connectivity index (χ2v) is 6.53. The lowest BCUT2D eigenvalue weighted by molar-refractivity contribution is -0.125. The van der Waals surface area contributed by atoms with Crippen LogP contribution in [0.1, 0.15) is 24.0 Å². The summed E-state index contributed by atoms with van der Waals surface area (Å²) in [5, 5.41) is 11.4. The molecule has 1 atom stereocenters. The number of anilines is 1. The fraction of sp³-hybridized carbons (Fsp3) is 0.389. The van der Waals surface area contributed by atoms with Gasteiger partial charge in [-0.05, 0) is 43.0 Å². The molecule has 1 aliphatic heterocycles. The molecule has 1 aliphatic rings. The van der Waals surface area contributed by atoms with Gasteiger partial charge < -0.3 is 10.2 Å². The number of nitrogens with one attached hydrogen (secondary N) is 1. The van der Waals surface area contributed by atoms with Gasteiger partial charge in [-0.3, -0.25) is 4.79 Å². The highest BCUT2D eigenvalue weighted by Gasteiger charge is 2.26. The van der Waals surface area contributed by atoms with Gasteiger partial charge in [-0.15, -0.1) is 10.2 Å². The van der Waals surface area contributed by atoms with Gasteiger partial charge in [0, 0.05) is 19.6 Å². The molecule has 1 saturated heterocycles. The summed E-state index contributed by atoms with van der Waals surface area (Å²) in [5.74, 6) is 0.848. The van der Waals surface area contributed by atoms with Crippen LogP contribution >= 0.6 is 11.6 Å². The van der Waals surface area contributed by atoms with Crippen LogP contribution in [0.3, 0.4) is 0 Å². The number of carbonyl (C=O) groups excluding carboxylic acids is 1. The van der Waals surface area contributed by atoms with Crippen LogP contribution in [0.2, 0.25) is 5.15 Å². The van der Waals surface area contributed by atoms with Crippen LogP contribution in [0, 0.1) is 12.8 Å². The number of nitrogens with zero attached hydrogens (tertiary/aromatic N) is 3. The third-order valence-electron chi connectivity index (χ3n) is 4.45. The Hall–Kier alpha value is -2.14. The zero-order chi connectivity index (χ0) is 16.9. The summed E-state index contributed by atoms with van der Waals surface area (Å²) in [6.45, 7) is 4.18. The highest BCUT2D eigenvalue weighted by atomic mass is 35.5. The van der Waals surface area contributed by atoms with Gasteiger partial charge in [0.05, 0.1) is 5.92 Å². The van der Waals surface area contributed by atoms with Gasteiger partial charge in [-0.2, -0.15) is 0 Å². The first-order valence-corrected chi connectivity index (χ1v) is 8.57. The highest BCUT2D eigenvalue weighted by Crippen LogP contribution is 2.22. The number of hydrogen-bond acceptors (Lipinski definition) is 4. The van der Waals surface area contributed by atoms with Gasteiger partial charge in [0.15, 0.2) is 11.0 Å². The van der Waals surface area contributed by atoms with Gasteiger partial charge in [0.2, 0.25) is 5.91 Å². The van der Waals surface area contributed by atoms with Crippen molar-refractivity contribution in [1.29, 1.82) is 0 Å². The molecular weight excluding hydrogens is 324 g/mol. The van der Waals surface area contributed by atoms with E-state index in [2.05, 4.69) is 33.4 Å². The number of aromatic nitrogens is 2. The summed E-state index contributed by atoms with van der Waals surface area (Å²) >= 11 is 5.79. The smallest absolute Gasteiger partial charge is 0.225 e. The minimum atomic E-state index is -0.0275. The molecular formula is C18H21ClN4O. The van der Waals surface area contributed by atoms with E-state index in [0.29, 0.717) is 18.2 Å². The second kappa shape index (κ2) is 7.62. The minimum Gasteiger partial charge on any atom is -0.354 e. The Balaban J connectivity index is 1.59. The maximum atomic E-state index is 12.5. The van der Waals surface area contributed by atoms with Crippen LogP contribution < -0.4 is 10.2 Å². The number of hydrogen-bond donors (Lipinski definition) is 1. The SMILES string of the molecule is Cc1ccccc1CNC(=O)[C@@H]1CCCN(c2ccc(Cl)nn2)C1. The molecule has 0 unspecified atom stereocenters. The van der Waals surface area contributed by atoms with Gasteiger partial charge in [-0.1, -0.05) is 35.9 Å². The van der Waals surface area contributed by atoms with E-state index >= 15 is 0 Å². The van der Waals surface area contributed by atoms with E-state index in [1.54, 1.807) is 6.07 Å². The van der Waals surface area contributed by atoms with Crippen LogP contribution in [-0.4, -0.2) is 29.2 Å². The first-order chi connectivity index (χ1) is 11.6. The summed E-state index contributed by atoms with van der Waals surface area (Å²) in [5.41, 5.74) is 2.35. The van der Waals surface area contributed by atoms with Crippen molar-refractivity contribution in [2.24, 2.45) is 5.92 Å².